The van der Waals surface area contributed by atoms with E-state index in [2.05, 4.69) is 0 Å². The van der Waals surface area contributed by atoms with E-state index in [1.54, 1.807) is 6.07 Å². The van der Waals surface area contributed by atoms with Gasteiger partial charge in [0.15, 0.2) is 0 Å². The topological polar surface area (TPSA) is 35.2 Å². The van der Waals surface area contributed by atoms with Crippen molar-refractivity contribution >= 4 is 0 Å². The van der Waals surface area contributed by atoms with E-state index in [0.29, 0.717) is 5.75 Å². The highest BCUT2D eigenvalue weighted by Gasteiger charge is 2.25. The molecule has 2 atom stereocenters. The molecule has 1 aliphatic heterocycles. The predicted molar refractivity (Wildman–Crippen MR) is 48.2 cm³/mol. The molecule has 70 valence electrons. The molecule has 1 aliphatic rings. The van der Waals surface area contributed by atoms with Crippen LogP contribution in [0.3, 0.4) is 0 Å². The van der Waals surface area contributed by atoms with Crippen LogP contribution < -0.4 is 10.5 Å². The van der Waals surface area contributed by atoms with E-state index in [-0.39, 0.29) is 18.0 Å². The van der Waals surface area contributed by atoms with Gasteiger partial charge in [0, 0.05) is 18.5 Å². The first-order valence-corrected chi connectivity index (χ1v) is 4.37. The van der Waals surface area contributed by atoms with Crippen LogP contribution in [0.15, 0.2) is 18.2 Å². The molecule has 0 spiro atoms. The monoisotopic (exact) mass is 181 g/mol. The third-order valence-electron chi connectivity index (χ3n) is 2.32. The van der Waals surface area contributed by atoms with Crippen molar-refractivity contribution in [1.82, 2.24) is 0 Å². The fraction of sp³-hybridized carbons (Fsp3) is 0.400. The van der Waals surface area contributed by atoms with Crippen LogP contribution in [0.5, 0.6) is 5.75 Å². The third kappa shape index (κ3) is 1.52. The number of nitrogens with two attached hydrogens (primary N) is 1. The maximum absolute atomic E-state index is 12.8. The summed E-state index contributed by atoms with van der Waals surface area (Å²) < 4.78 is 18.3. The van der Waals surface area contributed by atoms with Crippen molar-refractivity contribution in [2.75, 3.05) is 0 Å². The Balaban J connectivity index is 2.25. The summed E-state index contributed by atoms with van der Waals surface area (Å²) in [6.45, 7) is 1.90. The summed E-state index contributed by atoms with van der Waals surface area (Å²) in [5.41, 5.74) is 6.74. The highest BCUT2D eigenvalue weighted by atomic mass is 19.1. The molecule has 1 aromatic carbocycles. The van der Waals surface area contributed by atoms with Crippen LogP contribution in [-0.2, 0) is 6.42 Å². The summed E-state index contributed by atoms with van der Waals surface area (Å²) in [4.78, 5) is 0. The van der Waals surface area contributed by atoms with Gasteiger partial charge >= 0.3 is 0 Å². The van der Waals surface area contributed by atoms with Gasteiger partial charge in [-0.05, 0) is 18.6 Å². The zero-order chi connectivity index (χ0) is 9.42. The highest BCUT2D eigenvalue weighted by molar-refractivity contribution is 5.38. The fourth-order valence-corrected chi connectivity index (χ4v) is 1.52. The van der Waals surface area contributed by atoms with Crippen molar-refractivity contribution < 1.29 is 9.13 Å². The van der Waals surface area contributed by atoms with Crippen LogP contribution in [0.1, 0.15) is 12.5 Å². The van der Waals surface area contributed by atoms with E-state index in [4.69, 9.17) is 10.5 Å². The lowest BCUT2D eigenvalue weighted by atomic mass is 10.1. The van der Waals surface area contributed by atoms with E-state index >= 15 is 0 Å². The van der Waals surface area contributed by atoms with Gasteiger partial charge in [0.2, 0.25) is 0 Å². The molecule has 0 radical (unpaired) electrons. The van der Waals surface area contributed by atoms with E-state index in [1.165, 1.54) is 12.1 Å². The Morgan fingerprint density at radius 1 is 1.62 bits per heavy atom. The number of hydrogen-bond donors (Lipinski definition) is 1. The van der Waals surface area contributed by atoms with Crippen LogP contribution in [0.4, 0.5) is 4.39 Å². The molecule has 0 fully saturated rings. The molecule has 1 heterocycles. The Bertz CT molecular complexity index is 325. The zero-order valence-corrected chi connectivity index (χ0v) is 7.46. The molecule has 0 saturated carbocycles. The van der Waals surface area contributed by atoms with E-state index in [0.717, 1.165) is 12.0 Å². The molecule has 0 aromatic heterocycles. The summed E-state index contributed by atoms with van der Waals surface area (Å²) in [6.07, 6.45) is 0.782. The van der Waals surface area contributed by atoms with Gasteiger partial charge < -0.3 is 10.5 Å². The first-order valence-electron chi connectivity index (χ1n) is 4.37. The second-order valence-corrected chi connectivity index (χ2v) is 3.47. The smallest absolute Gasteiger partial charge is 0.126 e. The van der Waals surface area contributed by atoms with E-state index in [1.807, 2.05) is 6.92 Å². The quantitative estimate of drug-likeness (QED) is 0.712. The number of hydrogen-bond acceptors (Lipinski definition) is 2. The van der Waals surface area contributed by atoms with Crippen molar-refractivity contribution in [3.05, 3.63) is 29.6 Å². The van der Waals surface area contributed by atoms with Gasteiger partial charge in [-0.15, -0.1) is 0 Å². The molecule has 0 saturated heterocycles. The molecule has 2 unspecified atom stereocenters. The van der Waals surface area contributed by atoms with Gasteiger partial charge in [-0.1, -0.05) is 6.07 Å². The van der Waals surface area contributed by atoms with Crippen molar-refractivity contribution in [3.63, 3.8) is 0 Å². The normalized spacial score (nSPS) is 22.2. The van der Waals surface area contributed by atoms with Crippen molar-refractivity contribution in [1.29, 1.82) is 0 Å². The van der Waals surface area contributed by atoms with Gasteiger partial charge in [-0.25, -0.2) is 4.39 Å². The minimum atomic E-state index is -0.260. The summed E-state index contributed by atoms with van der Waals surface area (Å²) in [5, 5.41) is 0. The molecule has 13 heavy (non-hydrogen) atoms. The molecule has 0 amide bonds. The highest BCUT2D eigenvalue weighted by Crippen LogP contribution is 2.30. The molecular weight excluding hydrogens is 169 g/mol. The van der Waals surface area contributed by atoms with Gasteiger partial charge in [0.25, 0.3) is 0 Å². The van der Waals surface area contributed by atoms with Crippen LogP contribution in [0, 0.1) is 5.82 Å². The van der Waals surface area contributed by atoms with Crippen molar-refractivity contribution in [3.8, 4) is 5.75 Å². The lowest BCUT2D eigenvalue weighted by Gasteiger charge is -2.13. The minimum absolute atomic E-state index is 0.00296. The summed E-state index contributed by atoms with van der Waals surface area (Å²) in [6, 6.07) is 4.60. The Hall–Kier alpha value is -1.09. The van der Waals surface area contributed by atoms with E-state index < -0.39 is 0 Å². The van der Waals surface area contributed by atoms with Crippen LogP contribution >= 0.6 is 0 Å². The van der Waals surface area contributed by atoms with Crippen molar-refractivity contribution in [2.45, 2.75) is 25.5 Å². The van der Waals surface area contributed by atoms with Crippen LogP contribution in [0.2, 0.25) is 0 Å². The standard InChI is InChI=1S/C10H12FNO/c1-6(12)9-4-7-2-3-8(11)5-10(7)13-9/h2-3,5-6,9H,4,12H2,1H3. The maximum atomic E-state index is 12.8. The Kier molecular flexibility index (Phi) is 1.96. The maximum Gasteiger partial charge on any atom is 0.126 e. The number of halogens is 1. The van der Waals surface area contributed by atoms with Gasteiger partial charge in [0.05, 0.1) is 0 Å². The average Bonchev–Trinajstić information content (AvgIpc) is 2.46. The van der Waals surface area contributed by atoms with Crippen molar-refractivity contribution in [2.24, 2.45) is 5.73 Å². The molecule has 2 nitrogen and oxygen atoms in total. The second-order valence-electron chi connectivity index (χ2n) is 3.47. The number of benzene rings is 1. The molecule has 1 aromatic rings. The van der Waals surface area contributed by atoms with Gasteiger partial charge in [0.1, 0.15) is 17.7 Å². The Morgan fingerprint density at radius 3 is 3.08 bits per heavy atom. The predicted octanol–water partition coefficient (Wildman–Crippen LogP) is 1.48. The zero-order valence-electron chi connectivity index (χ0n) is 7.46. The minimum Gasteiger partial charge on any atom is -0.488 e. The van der Waals surface area contributed by atoms with Gasteiger partial charge in [-0.2, -0.15) is 0 Å². The number of fused-ring (bicyclic) bond motifs is 1. The summed E-state index contributed by atoms with van der Waals surface area (Å²) in [7, 11) is 0. The molecule has 3 heteroatoms. The average molecular weight is 181 g/mol. The largest absolute Gasteiger partial charge is 0.488 e. The lowest BCUT2D eigenvalue weighted by Crippen LogP contribution is -2.34. The van der Waals surface area contributed by atoms with E-state index in [9.17, 15) is 4.39 Å². The third-order valence-corrected chi connectivity index (χ3v) is 2.32. The van der Waals surface area contributed by atoms with Crippen LogP contribution in [0.25, 0.3) is 0 Å². The molecular formula is C10H12FNO. The molecule has 0 aliphatic carbocycles. The summed E-state index contributed by atoms with van der Waals surface area (Å²) >= 11 is 0. The molecule has 2 N–H and O–H groups in total. The first kappa shape index (κ1) is 8.51. The molecule has 2 rings (SSSR count). The second kappa shape index (κ2) is 3.00. The SMILES string of the molecule is CC(N)C1Cc2ccc(F)cc2O1. The summed E-state index contributed by atoms with van der Waals surface area (Å²) in [5.74, 6) is 0.381. The Morgan fingerprint density at radius 2 is 2.38 bits per heavy atom. The van der Waals surface area contributed by atoms with Gasteiger partial charge in [-0.3, -0.25) is 0 Å². The number of ether oxygens (including phenoxy) is 1. The van der Waals surface area contributed by atoms with Crippen LogP contribution in [-0.4, -0.2) is 12.1 Å². The Labute approximate surface area is 76.5 Å². The molecule has 0 bridgehead atoms. The lowest BCUT2D eigenvalue weighted by molar-refractivity contribution is 0.206. The number of rotatable bonds is 1. The fourth-order valence-electron chi connectivity index (χ4n) is 1.52. The first-order chi connectivity index (χ1) is 6.16.